The number of hydrogen-bond donors (Lipinski definition) is 1. The lowest BCUT2D eigenvalue weighted by Crippen LogP contribution is -2.23. The van der Waals surface area contributed by atoms with Gasteiger partial charge in [0.2, 0.25) is 0 Å². The Balaban J connectivity index is 1.69. The van der Waals surface area contributed by atoms with Crippen molar-refractivity contribution in [2.75, 3.05) is 13.6 Å². The largest absolute Gasteiger partial charge is 0.346 e. The van der Waals surface area contributed by atoms with E-state index in [1.54, 1.807) is 12.4 Å². The van der Waals surface area contributed by atoms with Crippen LogP contribution in [0.1, 0.15) is 60.6 Å². The predicted molar refractivity (Wildman–Crippen MR) is 138 cm³/mol. The molecule has 1 aromatic carbocycles. The van der Waals surface area contributed by atoms with E-state index in [0.717, 1.165) is 40.4 Å². The topological polar surface area (TPSA) is 75.9 Å². The van der Waals surface area contributed by atoms with E-state index in [-0.39, 0.29) is 11.9 Å². The van der Waals surface area contributed by atoms with Gasteiger partial charge in [0.15, 0.2) is 5.65 Å². The van der Waals surface area contributed by atoms with Crippen molar-refractivity contribution in [3.8, 4) is 11.3 Å². The number of nitrogens with one attached hydrogen (secondary N) is 1. The molecule has 4 rings (SSSR count). The predicted octanol–water partition coefficient (Wildman–Crippen LogP) is 5.30. The van der Waals surface area contributed by atoms with E-state index in [4.69, 9.17) is 4.98 Å². The van der Waals surface area contributed by atoms with E-state index in [0.29, 0.717) is 12.1 Å². The van der Waals surface area contributed by atoms with Crippen molar-refractivity contribution in [3.63, 3.8) is 0 Å². The van der Waals surface area contributed by atoms with Gasteiger partial charge in [0.1, 0.15) is 5.01 Å². The maximum Gasteiger partial charge on any atom is 0.252 e. The first-order valence-electron chi connectivity index (χ1n) is 11.8. The molecule has 0 unspecified atom stereocenters. The van der Waals surface area contributed by atoms with E-state index in [1.807, 2.05) is 16.1 Å². The second-order valence-electron chi connectivity index (χ2n) is 8.88. The van der Waals surface area contributed by atoms with Crippen molar-refractivity contribution in [1.29, 1.82) is 0 Å². The normalized spacial score (nSPS) is 11.6. The quantitative estimate of drug-likeness (QED) is 0.336. The Hall–Kier alpha value is -3.10. The molecule has 0 saturated carbocycles. The fourth-order valence-electron chi connectivity index (χ4n) is 3.97. The van der Waals surface area contributed by atoms with Gasteiger partial charge in [-0.3, -0.25) is 4.79 Å². The number of carbonyl (C=O) groups excluding carboxylic acids is 1. The zero-order chi connectivity index (χ0) is 24.1. The van der Waals surface area contributed by atoms with Crippen LogP contribution in [0.4, 0.5) is 0 Å². The van der Waals surface area contributed by atoms with Crippen molar-refractivity contribution < 1.29 is 4.79 Å². The summed E-state index contributed by atoms with van der Waals surface area (Å²) in [5, 5.41) is 11.1. The summed E-state index contributed by atoms with van der Waals surface area (Å²) in [6, 6.07) is 10.4. The molecule has 1 amide bonds. The van der Waals surface area contributed by atoms with E-state index in [1.165, 1.54) is 29.7 Å². The summed E-state index contributed by atoms with van der Waals surface area (Å²) in [6.07, 6.45) is 5.86. The summed E-state index contributed by atoms with van der Waals surface area (Å²) in [4.78, 5) is 24.8. The molecule has 0 bridgehead atoms. The highest BCUT2D eigenvalue weighted by molar-refractivity contribution is 7.09. The number of fused-ring (bicyclic) bond motifs is 1. The number of carbonyl (C=O) groups is 1. The van der Waals surface area contributed by atoms with Crippen molar-refractivity contribution in [2.45, 2.75) is 52.7 Å². The van der Waals surface area contributed by atoms with Gasteiger partial charge in [0.05, 0.1) is 29.4 Å². The Morgan fingerprint density at radius 1 is 1.26 bits per heavy atom. The number of aromatic nitrogens is 4. The van der Waals surface area contributed by atoms with Crippen molar-refractivity contribution >= 4 is 28.3 Å². The fraction of sp³-hybridized carbons (Fsp3) is 0.385. The lowest BCUT2D eigenvalue weighted by Gasteiger charge is -2.17. The Kier molecular flexibility index (Phi) is 7.70. The van der Waals surface area contributed by atoms with Gasteiger partial charge in [-0.2, -0.15) is 5.10 Å². The van der Waals surface area contributed by atoms with Crippen LogP contribution >= 0.6 is 11.3 Å². The number of nitrogens with zero attached hydrogens (tertiary/aromatic N) is 5. The third kappa shape index (κ3) is 5.51. The first-order chi connectivity index (χ1) is 16.5. The first-order valence-corrected chi connectivity index (χ1v) is 12.7. The zero-order valence-electron chi connectivity index (χ0n) is 20.3. The number of benzene rings is 1. The first kappa shape index (κ1) is 24.0. The monoisotopic (exact) mass is 476 g/mol. The number of unbranched alkanes of at least 4 members (excludes halogenated alkanes) is 1. The van der Waals surface area contributed by atoms with E-state index in [9.17, 15) is 4.79 Å². The molecule has 0 aliphatic carbocycles. The molecule has 0 atom stereocenters. The molecule has 1 N–H and O–H groups in total. The molecule has 0 radical (unpaired) electrons. The van der Waals surface area contributed by atoms with Gasteiger partial charge < -0.3 is 10.2 Å². The third-order valence-electron chi connectivity index (χ3n) is 5.75. The van der Waals surface area contributed by atoms with Gasteiger partial charge >= 0.3 is 0 Å². The minimum absolute atomic E-state index is 0.130. The molecule has 34 heavy (non-hydrogen) atoms. The second kappa shape index (κ2) is 10.9. The SMILES string of the molecule is CCCCN(C)Cc1cccc(-c2cc(C(=O)NCc3nccs3)c3cnn(C(C)C)c3n2)c1. The maximum atomic E-state index is 13.2. The van der Waals surface area contributed by atoms with E-state index >= 15 is 0 Å². The summed E-state index contributed by atoms with van der Waals surface area (Å²) < 4.78 is 1.87. The van der Waals surface area contributed by atoms with Crippen LogP contribution < -0.4 is 5.32 Å². The average molecular weight is 477 g/mol. The van der Waals surface area contributed by atoms with Gasteiger partial charge in [-0.1, -0.05) is 31.5 Å². The maximum absolute atomic E-state index is 13.2. The van der Waals surface area contributed by atoms with Gasteiger partial charge in [-0.05, 0) is 51.6 Å². The van der Waals surface area contributed by atoms with Crippen LogP contribution in [0.5, 0.6) is 0 Å². The summed E-state index contributed by atoms with van der Waals surface area (Å²) in [5.74, 6) is -0.150. The fourth-order valence-corrected chi connectivity index (χ4v) is 4.53. The van der Waals surface area contributed by atoms with Gasteiger partial charge in [-0.25, -0.2) is 14.6 Å². The molecule has 0 fully saturated rings. The summed E-state index contributed by atoms with van der Waals surface area (Å²) in [5.41, 5.74) is 4.29. The lowest BCUT2D eigenvalue weighted by atomic mass is 10.0. The smallest absolute Gasteiger partial charge is 0.252 e. The molecule has 7 nitrogen and oxygen atoms in total. The Morgan fingerprint density at radius 3 is 2.85 bits per heavy atom. The molecular weight excluding hydrogens is 444 g/mol. The van der Waals surface area contributed by atoms with Crippen molar-refractivity contribution in [2.24, 2.45) is 0 Å². The molecule has 3 aromatic heterocycles. The average Bonchev–Trinajstić information content (AvgIpc) is 3.50. The standard InChI is InChI=1S/C26H32N6OS/c1-5-6-11-31(4)17-19-8-7-9-20(13-19)23-14-21(26(33)28-16-24-27-10-12-34-24)22-15-29-32(18(2)3)25(22)30-23/h7-10,12-15,18H,5-6,11,16-17H2,1-4H3,(H,28,33). The highest BCUT2D eigenvalue weighted by Gasteiger charge is 2.19. The molecule has 3 heterocycles. The van der Waals surface area contributed by atoms with E-state index in [2.05, 4.69) is 72.4 Å². The molecule has 8 heteroatoms. The second-order valence-corrected chi connectivity index (χ2v) is 9.85. The molecule has 0 spiro atoms. The van der Waals surface area contributed by atoms with Crippen LogP contribution in [0.3, 0.4) is 0 Å². The van der Waals surface area contributed by atoms with Gasteiger partial charge in [-0.15, -0.1) is 11.3 Å². The number of pyridine rings is 1. The highest BCUT2D eigenvalue weighted by atomic mass is 32.1. The minimum Gasteiger partial charge on any atom is -0.346 e. The Labute approximate surface area is 204 Å². The minimum atomic E-state index is -0.150. The molecular formula is C26H32N6OS. The van der Waals surface area contributed by atoms with Crippen LogP contribution in [0.25, 0.3) is 22.3 Å². The third-order valence-corrected chi connectivity index (χ3v) is 6.53. The number of hydrogen-bond acceptors (Lipinski definition) is 6. The zero-order valence-corrected chi connectivity index (χ0v) is 21.1. The van der Waals surface area contributed by atoms with Gasteiger partial charge in [0, 0.05) is 29.7 Å². The number of amides is 1. The molecule has 0 aliphatic heterocycles. The summed E-state index contributed by atoms with van der Waals surface area (Å²) in [7, 11) is 2.15. The van der Waals surface area contributed by atoms with Crippen LogP contribution in [-0.4, -0.2) is 44.1 Å². The molecule has 178 valence electrons. The number of rotatable bonds is 10. The molecule has 0 saturated heterocycles. The molecule has 4 aromatic rings. The van der Waals surface area contributed by atoms with Crippen molar-refractivity contribution in [3.05, 3.63) is 64.2 Å². The lowest BCUT2D eigenvalue weighted by molar-refractivity contribution is 0.0952. The number of thiazole rings is 1. The Bertz CT molecular complexity index is 1250. The van der Waals surface area contributed by atoms with Crippen LogP contribution in [0, 0.1) is 0 Å². The van der Waals surface area contributed by atoms with Crippen molar-refractivity contribution in [1.82, 2.24) is 30.0 Å². The van der Waals surface area contributed by atoms with Gasteiger partial charge in [0.25, 0.3) is 5.91 Å². The summed E-state index contributed by atoms with van der Waals surface area (Å²) in [6.45, 7) is 8.69. The van der Waals surface area contributed by atoms with Crippen LogP contribution in [0.2, 0.25) is 0 Å². The molecule has 0 aliphatic rings. The highest BCUT2D eigenvalue weighted by Crippen LogP contribution is 2.27. The van der Waals surface area contributed by atoms with Crippen LogP contribution in [-0.2, 0) is 13.1 Å². The van der Waals surface area contributed by atoms with E-state index < -0.39 is 0 Å². The Morgan fingerprint density at radius 2 is 2.12 bits per heavy atom. The summed E-state index contributed by atoms with van der Waals surface area (Å²) >= 11 is 1.52. The van der Waals surface area contributed by atoms with Crippen LogP contribution in [0.15, 0.2) is 48.1 Å².